The van der Waals surface area contributed by atoms with Gasteiger partial charge in [-0.2, -0.15) is 9.78 Å². The van der Waals surface area contributed by atoms with Crippen molar-refractivity contribution in [2.45, 2.75) is 26.8 Å². The van der Waals surface area contributed by atoms with Crippen molar-refractivity contribution in [3.63, 3.8) is 0 Å². The molecule has 27 heavy (non-hydrogen) atoms. The highest BCUT2D eigenvalue weighted by atomic mass is 35.5. The fourth-order valence-electron chi connectivity index (χ4n) is 2.47. The molecule has 0 aliphatic carbocycles. The Bertz CT molecular complexity index is 1010. The van der Waals surface area contributed by atoms with E-state index in [2.05, 4.69) is 25.7 Å². The molecule has 3 rings (SSSR count). The summed E-state index contributed by atoms with van der Waals surface area (Å²) in [6.45, 7) is 4.04. The summed E-state index contributed by atoms with van der Waals surface area (Å²) in [6.07, 6.45) is 0.613. The van der Waals surface area contributed by atoms with Crippen LogP contribution in [-0.2, 0) is 13.0 Å². The monoisotopic (exact) mass is 386 g/mol. The minimum Gasteiger partial charge on any atom is -0.334 e. The summed E-state index contributed by atoms with van der Waals surface area (Å²) in [6, 6.07) is 9.92. The molecule has 0 saturated carbocycles. The van der Waals surface area contributed by atoms with Crippen LogP contribution in [0.25, 0.3) is 5.95 Å². The maximum atomic E-state index is 12.3. The third-order valence-corrected chi connectivity index (χ3v) is 4.04. The molecule has 0 saturated heterocycles. The second-order valence-corrected chi connectivity index (χ2v) is 6.37. The number of aromatic amines is 1. The van der Waals surface area contributed by atoms with Crippen LogP contribution in [0, 0.1) is 6.92 Å². The summed E-state index contributed by atoms with van der Waals surface area (Å²) < 4.78 is 1.40. The van der Waals surface area contributed by atoms with Crippen LogP contribution in [0.2, 0.25) is 5.02 Å². The smallest absolute Gasteiger partial charge is 0.320 e. The largest absolute Gasteiger partial charge is 0.334 e. The van der Waals surface area contributed by atoms with Gasteiger partial charge >= 0.3 is 6.03 Å². The van der Waals surface area contributed by atoms with E-state index in [0.717, 1.165) is 5.56 Å². The van der Waals surface area contributed by atoms with E-state index < -0.39 is 6.03 Å². The van der Waals surface area contributed by atoms with Gasteiger partial charge in [-0.3, -0.25) is 15.1 Å². The zero-order chi connectivity index (χ0) is 19.4. The lowest BCUT2D eigenvalue weighted by Crippen LogP contribution is -2.29. The number of nitrogens with one attached hydrogen (secondary N) is 3. The third-order valence-electron chi connectivity index (χ3n) is 3.78. The number of nitrogens with zero attached hydrogens (tertiary/aromatic N) is 3. The number of carbonyl (C=O) groups excluding carboxylic acids is 1. The molecule has 1 aromatic carbocycles. The Morgan fingerprint density at radius 3 is 2.70 bits per heavy atom. The molecule has 0 aliphatic heterocycles. The fourth-order valence-corrected chi connectivity index (χ4v) is 2.60. The van der Waals surface area contributed by atoms with Crippen molar-refractivity contribution < 1.29 is 4.79 Å². The molecule has 140 valence electrons. The van der Waals surface area contributed by atoms with Gasteiger partial charge in [-0.05, 0) is 31.0 Å². The Hall–Kier alpha value is -3.13. The van der Waals surface area contributed by atoms with Gasteiger partial charge in [0.25, 0.3) is 5.56 Å². The number of aromatic nitrogens is 4. The second kappa shape index (κ2) is 8.05. The Balaban J connectivity index is 1.76. The number of H-pyrrole nitrogens is 1. The standard InChI is InChI=1S/C18H19ClN6O2/c1-3-14-9-16(26)23-17(21-14)25-15(8-11(2)24-25)22-18(27)20-10-12-4-6-13(19)7-5-12/h4-9H,3,10H2,1-2H3,(H2,20,22,27)(H,21,23,26). The van der Waals surface area contributed by atoms with Crippen molar-refractivity contribution in [1.82, 2.24) is 25.1 Å². The van der Waals surface area contributed by atoms with E-state index in [1.165, 1.54) is 10.7 Å². The number of hydrogen-bond donors (Lipinski definition) is 3. The van der Waals surface area contributed by atoms with Crippen molar-refractivity contribution in [1.29, 1.82) is 0 Å². The number of urea groups is 1. The van der Waals surface area contributed by atoms with E-state index >= 15 is 0 Å². The van der Waals surface area contributed by atoms with Crippen LogP contribution in [0.15, 0.2) is 41.2 Å². The van der Waals surface area contributed by atoms with Crippen molar-refractivity contribution in [2.75, 3.05) is 5.32 Å². The lowest BCUT2D eigenvalue weighted by molar-refractivity contribution is 0.251. The third kappa shape index (κ3) is 4.73. The number of aryl methyl sites for hydroxylation is 2. The second-order valence-electron chi connectivity index (χ2n) is 5.93. The molecule has 0 bridgehead atoms. The molecule has 2 heterocycles. The summed E-state index contributed by atoms with van der Waals surface area (Å²) in [5.41, 5.74) is 1.96. The maximum absolute atomic E-state index is 12.3. The number of anilines is 1. The Kier molecular flexibility index (Phi) is 5.56. The van der Waals surface area contributed by atoms with Crippen molar-refractivity contribution in [3.8, 4) is 5.95 Å². The van der Waals surface area contributed by atoms with Crippen molar-refractivity contribution >= 4 is 23.4 Å². The number of halogens is 1. The highest BCUT2D eigenvalue weighted by molar-refractivity contribution is 6.30. The predicted octanol–water partition coefficient (Wildman–Crippen LogP) is 2.80. The maximum Gasteiger partial charge on any atom is 0.320 e. The van der Waals surface area contributed by atoms with Crippen molar-refractivity contribution in [3.05, 3.63) is 68.7 Å². The number of carbonyl (C=O) groups is 1. The minimum atomic E-state index is -0.403. The molecule has 0 unspecified atom stereocenters. The van der Waals surface area contributed by atoms with Crippen LogP contribution in [0.5, 0.6) is 0 Å². The lowest BCUT2D eigenvalue weighted by Gasteiger charge is -2.10. The average Bonchev–Trinajstić information content (AvgIpc) is 3.01. The molecule has 8 nitrogen and oxygen atoms in total. The van der Waals surface area contributed by atoms with Crippen LogP contribution < -0.4 is 16.2 Å². The predicted molar refractivity (Wildman–Crippen MR) is 103 cm³/mol. The Morgan fingerprint density at radius 2 is 2.00 bits per heavy atom. The molecule has 2 aromatic heterocycles. The van der Waals surface area contributed by atoms with Gasteiger partial charge in [0.1, 0.15) is 5.82 Å². The zero-order valence-electron chi connectivity index (χ0n) is 14.9. The molecular weight excluding hydrogens is 368 g/mol. The zero-order valence-corrected chi connectivity index (χ0v) is 15.7. The number of rotatable bonds is 5. The highest BCUT2D eigenvalue weighted by Crippen LogP contribution is 2.14. The van der Waals surface area contributed by atoms with Crippen molar-refractivity contribution in [2.24, 2.45) is 0 Å². The summed E-state index contributed by atoms with van der Waals surface area (Å²) in [4.78, 5) is 31.1. The first-order chi connectivity index (χ1) is 12.9. The van der Waals surface area contributed by atoms with Gasteiger partial charge in [0.15, 0.2) is 0 Å². The van der Waals surface area contributed by atoms with E-state index in [0.29, 0.717) is 35.2 Å². The molecule has 0 radical (unpaired) electrons. The molecule has 3 N–H and O–H groups in total. The van der Waals surface area contributed by atoms with Gasteiger partial charge in [-0.15, -0.1) is 0 Å². The lowest BCUT2D eigenvalue weighted by atomic mass is 10.2. The van der Waals surface area contributed by atoms with E-state index in [4.69, 9.17) is 11.6 Å². The molecule has 0 aliphatic rings. The van der Waals surface area contributed by atoms with Gasteiger partial charge in [-0.1, -0.05) is 30.7 Å². The van der Waals surface area contributed by atoms with Crippen LogP contribution >= 0.6 is 11.6 Å². The molecule has 3 aromatic rings. The SMILES string of the molecule is CCc1cc(=O)[nH]c(-n2nc(C)cc2NC(=O)NCc2ccc(Cl)cc2)n1. The minimum absolute atomic E-state index is 0.250. The molecule has 0 spiro atoms. The molecule has 2 amide bonds. The first-order valence-corrected chi connectivity index (χ1v) is 8.79. The summed E-state index contributed by atoms with van der Waals surface area (Å²) in [7, 11) is 0. The van der Waals surface area contributed by atoms with Gasteiger partial charge < -0.3 is 5.32 Å². The van der Waals surface area contributed by atoms with Crippen LogP contribution in [0.4, 0.5) is 10.6 Å². The van der Waals surface area contributed by atoms with Crippen LogP contribution in [0.1, 0.15) is 23.9 Å². The quantitative estimate of drug-likeness (QED) is 0.627. The molecule has 0 atom stereocenters. The Labute approximate surface area is 160 Å². The average molecular weight is 387 g/mol. The van der Waals surface area contributed by atoms with E-state index in [-0.39, 0.29) is 11.5 Å². The summed E-state index contributed by atoms with van der Waals surface area (Å²) in [5, 5.41) is 10.4. The van der Waals surface area contributed by atoms with E-state index in [9.17, 15) is 9.59 Å². The summed E-state index contributed by atoms with van der Waals surface area (Å²) >= 11 is 5.85. The normalized spacial score (nSPS) is 10.6. The number of hydrogen-bond acceptors (Lipinski definition) is 4. The molecule has 9 heteroatoms. The topological polar surface area (TPSA) is 105 Å². The van der Waals surface area contributed by atoms with Crippen LogP contribution in [0.3, 0.4) is 0 Å². The van der Waals surface area contributed by atoms with Gasteiger partial charge in [0.2, 0.25) is 5.95 Å². The van der Waals surface area contributed by atoms with E-state index in [1.54, 1.807) is 25.1 Å². The first-order valence-electron chi connectivity index (χ1n) is 8.41. The van der Waals surface area contributed by atoms with E-state index in [1.807, 2.05) is 19.1 Å². The van der Waals surface area contributed by atoms with Gasteiger partial charge in [0.05, 0.1) is 5.69 Å². The summed E-state index contributed by atoms with van der Waals surface area (Å²) in [5.74, 6) is 0.651. The van der Waals surface area contributed by atoms with Crippen LogP contribution in [-0.4, -0.2) is 25.8 Å². The highest BCUT2D eigenvalue weighted by Gasteiger charge is 2.13. The molecular formula is C18H19ClN6O2. The van der Waals surface area contributed by atoms with Gasteiger partial charge in [-0.25, -0.2) is 9.78 Å². The number of benzene rings is 1. The number of amides is 2. The fraction of sp³-hybridized carbons (Fsp3) is 0.222. The first kappa shape index (κ1) is 18.7. The molecule has 0 fully saturated rings. The Morgan fingerprint density at radius 1 is 1.26 bits per heavy atom. The van der Waals surface area contributed by atoms with Gasteiger partial charge in [0, 0.05) is 29.4 Å².